The highest BCUT2D eigenvalue weighted by Crippen LogP contribution is 2.19. The number of nitrogen functional groups attached to an aromatic ring is 1. The van der Waals surface area contributed by atoms with Crippen LogP contribution >= 0.6 is 0 Å². The van der Waals surface area contributed by atoms with Crippen molar-refractivity contribution in [2.24, 2.45) is 0 Å². The summed E-state index contributed by atoms with van der Waals surface area (Å²) < 4.78 is 2.86. The SMILES string of the molecule is CCCCCN(C(=O)Cn1cc(C)cn1)c1c(N)n(CCCC)c(=O)[nH]c1=O. The zero-order valence-corrected chi connectivity index (χ0v) is 16.9. The summed E-state index contributed by atoms with van der Waals surface area (Å²) in [6.45, 7) is 6.68. The van der Waals surface area contributed by atoms with Gasteiger partial charge in [-0.3, -0.25) is 23.8 Å². The summed E-state index contributed by atoms with van der Waals surface area (Å²) in [6, 6.07) is 0. The molecule has 0 spiro atoms. The number of anilines is 2. The Morgan fingerprint density at radius 2 is 1.93 bits per heavy atom. The smallest absolute Gasteiger partial charge is 0.330 e. The summed E-state index contributed by atoms with van der Waals surface area (Å²) in [4.78, 5) is 41.4. The molecule has 0 aromatic carbocycles. The van der Waals surface area contributed by atoms with E-state index in [0.717, 1.165) is 37.7 Å². The van der Waals surface area contributed by atoms with Gasteiger partial charge in [0.25, 0.3) is 5.56 Å². The Labute approximate surface area is 164 Å². The molecule has 0 saturated carbocycles. The molecule has 0 atom stereocenters. The summed E-state index contributed by atoms with van der Waals surface area (Å²) >= 11 is 0. The standard InChI is InChI=1S/C19H30N6O3/c1-4-6-8-10-24(15(26)13-23-12-14(3)11-21-23)16-17(20)25(9-7-5-2)19(28)22-18(16)27/h11-12H,4-10,13,20H2,1-3H3,(H,22,27,28). The maximum atomic E-state index is 13.0. The number of hydrogen-bond donors (Lipinski definition) is 2. The van der Waals surface area contributed by atoms with Crippen LogP contribution in [0.2, 0.25) is 0 Å². The Kier molecular flexibility index (Phi) is 7.60. The van der Waals surface area contributed by atoms with Crippen LogP contribution in [0.15, 0.2) is 22.0 Å². The molecule has 0 aliphatic carbocycles. The first-order chi connectivity index (χ1) is 13.4. The number of hydrogen-bond acceptors (Lipinski definition) is 5. The minimum atomic E-state index is -0.642. The van der Waals surface area contributed by atoms with Gasteiger partial charge in [0.1, 0.15) is 12.4 Å². The van der Waals surface area contributed by atoms with Crippen LogP contribution in [0.3, 0.4) is 0 Å². The molecule has 0 saturated heterocycles. The van der Waals surface area contributed by atoms with Gasteiger partial charge in [-0.2, -0.15) is 5.10 Å². The quantitative estimate of drug-likeness (QED) is 0.598. The highest BCUT2D eigenvalue weighted by molar-refractivity contribution is 5.95. The molecule has 1 amide bonds. The molecule has 154 valence electrons. The third kappa shape index (κ3) is 5.11. The van der Waals surface area contributed by atoms with Crippen LogP contribution in [0.1, 0.15) is 51.5 Å². The number of aromatic nitrogens is 4. The molecule has 9 heteroatoms. The van der Waals surface area contributed by atoms with Crippen molar-refractivity contribution in [3.05, 3.63) is 38.8 Å². The van der Waals surface area contributed by atoms with Crippen molar-refractivity contribution in [3.63, 3.8) is 0 Å². The number of carbonyl (C=O) groups excluding carboxylic acids is 1. The van der Waals surface area contributed by atoms with Gasteiger partial charge in [-0.05, 0) is 25.3 Å². The number of unbranched alkanes of at least 4 members (excludes halogenated alkanes) is 3. The van der Waals surface area contributed by atoms with Gasteiger partial charge >= 0.3 is 5.69 Å². The first-order valence-electron chi connectivity index (χ1n) is 9.81. The molecule has 9 nitrogen and oxygen atoms in total. The van der Waals surface area contributed by atoms with Crippen LogP contribution in [0.5, 0.6) is 0 Å². The van der Waals surface area contributed by atoms with Gasteiger partial charge in [-0.15, -0.1) is 0 Å². The third-order valence-electron chi connectivity index (χ3n) is 4.57. The van der Waals surface area contributed by atoms with Gasteiger partial charge in [-0.25, -0.2) is 4.79 Å². The first kappa shape index (κ1) is 21.5. The Balaban J connectivity index is 2.42. The summed E-state index contributed by atoms with van der Waals surface area (Å²) in [6.07, 6.45) is 7.66. The van der Waals surface area contributed by atoms with Crippen molar-refractivity contribution in [1.82, 2.24) is 19.3 Å². The Bertz CT molecular complexity index is 911. The molecule has 0 aliphatic heterocycles. The van der Waals surface area contributed by atoms with Gasteiger partial charge in [0.05, 0.1) is 6.20 Å². The van der Waals surface area contributed by atoms with Crippen LogP contribution in [0, 0.1) is 6.92 Å². The predicted octanol–water partition coefficient (Wildman–Crippen LogP) is 1.65. The van der Waals surface area contributed by atoms with Crippen LogP contribution in [0.4, 0.5) is 11.5 Å². The molecular weight excluding hydrogens is 360 g/mol. The zero-order valence-electron chi connectivity index (χ0n) is 16.9. The number of H-pyrrole nitrogens is 1. The van der Waals surface area contributed by atoms with Crippen molar-refractivity contribution in [2.45, 2.75) is 66.0 Å². The van der Waals surface area contributed by atoms with E-state index in [1.54, 1.807) is 12.4 Å². The zero-order chi connectivity index (χ0) is 20.7. The van der Waals surface area contributed by atoms with Gasteiger partial charge in [0, 0.05) is 19.3 Å². The van der Waals surface area contributed by atoms with Crippen molar-refractivity contribution < 1.29 is 4.79 Å². The predicted molar refractivity (Wildman–Crippen MR) is 109 cm³/mol. The summed E-state index contributed by atoms with van der Waals surface area (Å²) in [5.41, 5.74) is 5.98. The van der Waals surface area contributed by atoms with E-state index in [2.05, 4.69) is 17.0 Å². The molecule has 2 rings (SSSR count). The largest absolute Gasteiger partial charge is 0.383 e. The molecule has 0 fully saturated rings. The van der Waals surface area contributed by atoms with E-state index in [4.69, 9.17) is 5.73 Å². The molecule has 28 heavy (non-hydrogen) atoms. The lowest BCUT2D eigenvalue weighted by Gasteiger charge is -2.24. The second-order valence-electron chi connectivity index (χ2n) is 6.97. The average molecular weight is 390 g/mol. The second kappa shape index (κ2) is 9.91. The topological polar surface area (TPSA) is 119 Å². The van der Waals surface area contributed by atoms with E-state index in [0.29, 0.717) is 13.1 Å². The minimum absolute atomic E-state index is 0.00701. The lowest BCUT2D eigenvalue weighted by atomic mass is 10.2. The number of carbonyl (C=O) groups is 1. The van der Waals surface area contributed by atoms with Crippen molar-refractivity contribution in [3.8, 4) is 0 Å². The molecule has 0 radical (unpaired) electrons. The minimum Gasteiger partial charge on any atom is -0.383 e. The number of nitrogens with zero attached hydrogens (tertiary/aromatic N) is 4. The lowest BCUT2D eigenvalue weighted by molar-refractivity contribution is -0.119. The first-order valence-corrected chi connectivity index (χ1v) is 9.81. The average Bonchev–Trinajstić information content (AvgIpc) is 3.04. The highest BCUT2D eigenvalue weighted by atomic mass is 16.2. The van der Waals surface area contributed by atoms with E-state index < -0.39 is 11.2 Å². The summed E-state index contributed by atoms with van der Waals surface area (Å²) in [5.74, 6) is -0.263. The summed E-state index contributed by atoms with van der Waals surface area (Å²) in [5, 5.41) is 4.14. The fourth-order valence-electron chi connectivity index (χ4n) is 3.03. The lowest BCUT2D eigenvalue weighted by Crippen LogP contribution is -2.43. The van der Waals surface area contributed by atoms with Crippen LogP contribution in [-0.2, 0) is 17.9 Å². The van der Waals surface area contributed by atoms with Crippen molar-refractivity contribution in [1.29, 1.82) is 0 Å². The molecule has 2 aromatic rings. The monoisotopic (exact) mass is 390 g/mol. The summed E-state index contributed by atoms with van der Waals surface area (Å²) in [7, 11) is 0. The number of aromatic amines is 1. The van der Waals surface area contributed by atoms with Gasteiger partial charge < -0.3 is 10.6 Å². The molecule has 2 heterocycles. The van der Waals surface area contributed by atoms with Gasteiger partial charge in [0.2, 0.25) is 5.91 Å². The third-order valence-corrected chi connectivity index (χ3v) is 4.57. The Morgan fingerprint density at radius 1 is 1.21 bits per heavy atom. The number of nitrogens with two attached hydrogens (primary N) is 1. The molecule has 0 unspecified atom stereocenters. The number of amides is 1. The molecule has 0 aliphatic rings. The Morgan fingerprint density at radius 3 is 2.54 bits per heavy atom. The van der Waals surface area contributed by atoms with Crippen LogP contribution in [0.25, 0.3) is 0 Å². The number of nitrogens with one attached hydrogen (secondary N) is 1. The molecular formula is C19H30N6O3. The molecule has 3 N–H and O–H groups in total. The van der Waals surface area contributed by atoms with E-state index >= 15 is 0 Å². The van der Waals surface area contributed by atoms with Gasteiger partial charge in [0.15, 0.2) is 5.69 Å². The molecule has 0 bridgehead atoms. The second-order valence-corrected chi connectivity index (χ2v) is 6.97. The van der Waals surface area contributed by atoms with Crippen molar-refractivity contribution in [2.75, 3.05) is 17.2 Å². The maximum Gasteiger partial charge on any atom is 0.330 e. The van der Waals surface area contributed by atoms with Crippen molar-refractivity contribution >= 4 is 17.4 Å². The number of aryl methyl sites for hydroxylation is 1. The Hall–Kier alpha value is -2.84. The van der Waals surface area contributed by atoms with Gasteiger partial charge in [-0.1, -0.05) is 33.1 Å². The van der Waals surface area contributed by atoms with Crippen LogP contribution in [-0.4, -0.2) is 31.8 Å². The van der Waals surface area contributed by atoms with E-state index in [1.165, 1.54) is 14.1 Å². The van der Waals surface area contributed by atoms with E-state index in [-0.39, 0.29) is 24.0 Å². The normalized spacial score (nSPS) is 11.0. The van der Waals surface area contributed by atoms with Crippen LogP contribution < -0.4 is 21.9 Å². The molecule has 2 aromatic heterocycles. The fraction of sp³-hybridized carbons (Fsp3) is 0.579. The van der Waals surface area contributed by atoms with E-state index in [1.807, 2.05) is 13.8 Å². The highest BCUT2D eigenvalue weighted by Gasteiger charge is 2.24. The maximum absolute atomic E-state index is 13.0. The van der Waals surface area contributed by atoms with E-state index in [9.17, 15) is 14.4 Å². The fourth-order valence-corrected chi connectivity index (χ4v) is 3.03. The number of rotatable bonds is 10.